The number of furan rings is 2. The van der Waals surface area contributed by atoms with Crippen LogP contribution in [-0.4, -0.2) is 0 Å². The molecule has 4 heteroatoms. The maximum absolute atomic E-state index is 6.90. The summed E-state index contributed by atoms with van der Waals surface area (Å²) in [5.41, 5.74) is 18.8. The highest BCUT2D eigenvalue weighted by atomic mass is 16.3. The van der Waals surface area contributed by atoms with Gasteiger partial charge in [-0.25, -0.2) is 0 Å². The first kappa shape index (κ1) is 45.1. The van der Waals surface area contributed by atoms with Crippen molar-refractivity contribution in [2.45, 2.75) is 19.3 Å². The molecule has 13 aromatic carbocycles. The third-order valence-corrected chi connectivity index (χ3v) is 16.9. The van der Waals surface area contributed by atoms with Gasteiger partial charge in [-0.3, -0.25) is 0 Å². The van der Waals surface area contributed by atoms with Gasteiger partial charge in [0.15, 0.2) is 11.2 Å². The molecule has 0 fully saturated rings. The molecule has 79 heavy (non-hydrogen) atoms. The van der Waals surface area contributed by atoms with E-state index in [0.717, 1.165) is 94.5 Å². The van der Waals surface area contributed by atoms with Crippen LogP contribution in [0.3, 0.4) is 0 Å². The van der Waals surface area contributed by atoms with E-state index in [1.165, 1.54) is 60.3 Å². The van der Waals surface area contributed by atoms with Gasteiger partial charge in [0.05, 0.1) is 16.8 Å². The Morgan fingerprint density at radius 2 is 0.734 bits per heavy atom. The lowest BCUT2D eigenvalue weighted by atomic mass is 9.65. The molecule has 0 spiro atoms. The molecule has 0 saturated carbocycles. The lowest BCUT2D eigenvalue weighted by molar-refractivity contribution is 0.665. The molecule has 0 amide bonds. The van der Waals surface area contributed by atoms with Crippen molar-refractivity contribution in [3.8, 4) is 11.1 Å². The van der Waals surface area contributed by atoms with Gasteiger partial charge in [0, 0.05) is 44.3 Å². The number of hydrogen-bond donors (Lipinski definition) is 0. The van der Waals surface area contributed by atoms with Crippen molar-refractivity contribution in [1.29, 1.82) is 0 Å². The fourth-order valence-electron chi connectivity index (χ4n) is 13.6. The highest BCUT2D eigenvalue weighted by Gasteiger charge is 2.49. The molecule has 2 aromatic heterocycles. The number of nitrogens with zero attached hydrogens (tertiary/aromatic N) is 2. The topological polar surface area (TPSA) is 32.8 Å². The Morgan fingerprint density at radius 1 is 0.291 bits per heavy atom. The molecule has 1 aliphatic rings. The van der Waals surface area contributed by atoms with Crippen molar-refractivity contribution in [3.63, 3.8) is 0 Å². The van der Waals surface area contributed by atoms with E-state index in [1.54, 1.807) is 0 Å². The van der Waals surface area contributed by atoms with Gasteiger partial charge < -0.3 is 18.6 Å². The van der Waals surface area contributed by atoms with E-state index >= 15 is 0 Å². The predicted molar refractivity (Wildman–Crippen MR) is 330 cm³/mol. The predicted octanol–water partition coefficient (Wildman–Crippen LogP) is 20.9. The summed E-state index contributed by atoms with van der Waals surface area (Å²) in [7, 11) is 0. The number of aryl methyl sites for hydroxylation is 2. The van der Waals surface area contributed by atoms with Gasteiger partial charge in [-0.05, 0) is 151 Å². The van der Waals surface area contributed by atoms with Gasteiger partial charge >= 0.3 is 0 Å². The van der Waals surface area contributed by atoms with Crippen LogP contribution >= 0.6 is 0 Å². The van der Waals surface area contributed by atoms with Crippen molar-refractivity contribution in [2.24, 2.45) is 0 Å². The zero-order chi connectivity index (χ0) is 52.3. The van der Waals surface area contributed by atoms with Gasteiger partial charge in [-0.2, -0.15) is 0 Å². The maximum atomic E-state index is 6.90. The summed E-state index contributed by atoms with van der Waals surface area (Å²) in [6, 6.07) is 97.8. The van der Waals surface area contributed by atoms with E-state index in [2.05, 4.69) is 291 Å². The van der Waals surface area contributed by atoms with E-state index in [9.17, 15) is 0 Å². The molecule has 1 aliphatic carbocycles. The highest BCUT2D eigenvalue weighted by molar-refractivity contribution is 6.22. The average Bonchev–Trinajstić information content (AvgIpc) is 3.48. The summed E-state index contributed by atoms with van der Waals surface area (Å²) in [5.74, 6) is 0. The molecular formula is C75H50N2O2. The fourth-order valence-corrected chi connectivity index (χ4v) is 13.6. The molecule has 0 saturated heterocycles. The maximum Gasteiger partial charge on any atom is 0.159 e. The second kappa shape index (κ2) is 17.4. The zero-order valence-corrected chi connectivity index (χ0v) is 43.6. The van der Waals surface area contributed by atoms with Crippen LogP contribution in [0.2, 0.25) is 0 Å². The van der Waals surface area contributed by atoms with Gasteiger partial charge in [-0.15, -0.1) is 0 Å². The summed E-state index contributed by atoms with van der Waals surface area (Å²) in [4.78, 5) is 4.73. The standard InChI is InChI=1S/C75H50N2O2/c1-47-21-17-33-60-62-35-19-37-66(73(62)78-71(47)60)76(52-27-11-5-12-28-52)54-40-43-56-49(45-54)39-42-64-68-58-32-16-15-31-57(58)65-46-55(41-44-59(65)70(68)75(69(56)64,50-23-7-3-8-24-50)51-25-9-4-10-26-51)77(53-29-13-6-14-30-53)67-38-20-36-63-61-34-18-22-48(2)72(61)79-74(63)67/h3-46H,1-2H3. The van der Waals surface area contributed by atoms with Gasteiger partial charge in [0.2, 0.25) is 0 Å². The minimum Gasteiger partial charge on any atom is -0.454 e. The van der Waals surface area contributed by atoms with Gasteiger partial charge in [-0.1, -0.05) is 206 Å². The number of anilines is 6. The number of fused-ring (bicyclic) bond motifs is 16. The lowest BCUT2D eigenvalue weighted by Gasteiger charge is -2.36. The van der Waals surface area contributed by atoms with Crippen LogP contribution in [0.4, 0.5) is 34.1 Å². The van der Waals surface area contributed by atoms with E-state index in [-0.39, 0.29) is 0 Å². The molecule has 0 N–H and O–H groups in total. The second-order valence-corrected chi connectivity index (χ2v) is 21.2. The molecule has 16 rings (SSSR count). The largest absolute Gasteiger partial charge is 0.454 e. The van der Waals surface area contributed by atoms with Crippen molar-refractivity contribution >= 4 is 110 Å². The van der Waals surface area contributed by atoms with Crippen LogP contribution in [0.15, 0.2) is 276 Å². The van der Waals surface area contributed by atoms with Gasteiger partial charge in [0.1, 0.15) is 11.2 Å². The quantitative estimate of drug-likeness (QED) is 0.142. The minimum absolute atomic E-state index is 0.730. The normalized spacial score (nSPS) is 12.8. The first-order valence-electron chi connectivity index (χ1n) is 27.2. The summed E-state index contributed by atoms with van der Waals surface area (Å²) in [6.07, 6.45) is 0. The first-order valence-corrected chi connectivity index (χ1v) is 27.2. The Balaban J connectivity index is 0.969. The minimum atomic E-state index is -0.730. The second-order valence-electron chi connectivity index (χ2n) is 21.2. The molecule has 2 heterocycles. The zero-order valence-electron chi connectivity index (χ0n) is 43.6. The van der Waals surface area contributed by atoms with Crippen molar-refractivity contribution < 1.29 is 8.83 Å². The molecule has 4 nitrogen and oxygen atoms in total. The molecule has 0 atom stereocenters. The molecule has 0 aliphatic heterocycles. The Morgan fingerprint density at radius 3 is 1.28 bits per heavy atom. The fraction of sp³-hybridized carbons (Fsp3) is 0.0400. The van der Waals surface area contributed by atoms with E-state index in [1.807, 2.05) is 0 Å². The van der Waals surface area contributed by atoms with E-state index in [4.69, 9.17) is 8.83 Å². The van der Waals surface area contributed by atoms with Crippen molar-refractivity contribution in [2.75, 3.05) is 9.80 Å². The lowest BCUT2D eigenvalue weighted by Crippen LogP contribution is -2.29. The Hall–Kier alpha value is -10.2. The summed E-state index contributed by atoms with van der Waals surface area (Å²) in [5, 5.41) is 11.6. The number of rotatable bonds is 8. The van der Waals surface area contributed by atoms with Crippen molar-refractivity contribution in [3.05, 3.63) is 300 Å². The molecular weight excluding hydrogens is 961 g/mol. The van der Waals surface area contributed by atoms with Crippen molar-refractivity contribution in [1.82, 2.24) is 0 Å². The van der Waals surface area contributed by atoms with E-state index < -0.39 is 5.41 Å². The van der Waals surface area contributed by atoms with Crippen LogP contribution in [0, 0.1) is 13.8 Å². The van der Waals surface area contributed by atoms with Crippen LogP contribution in [-0.2, 0) is 5.41 Å². The van der Waals surface area contributed by atoms with E-state index in [0.29, 0.717) is 0 Å². The SMILES string of the molecule is Cc1cccc2c1oc1c(N(c3ccccc3)c3ccc4c5c(ccc4c3)-c3c(c4ccc(N(c6ccccc6)c6cccc7c6oc6c(C)cccc67)cc4c4ccccc34)C5(c3ccccc3)c3ccccc3)cccc12. The Bertz CT molecular complexity index is 4880. The summed E-state index contributed by atoms with van der Waals surface area (Å²) in [6.45, 7) is 4.25. The summed E-state index contributed by atoms with van der Waals surface area (Å²) >= 11 is 0. The summed E-state index contributed by atoms with van der Waals surface area (Å²) < 4.78 is 13.8. The molecule has 372 valence electrons. The van der Waals surface area contributed by atoms with Crippen LogP contribution in [0.1, 0.15) is 33.4 Å². The van der Waals surface area contributed by atoms with Crippen LogP contribution < -0.4 is 9.80 Å². The third kappa shape index (κ3) is 6.55. The number of benzene rings is 13. The molecule has 0 bridgehead atoms. The third-order valence-electron chi connectivity index (χ3n) is 16.9. The van der Waals surface area contributed by atoms with Crippen LogP contribution in [0.25, 0.3) is 87.3 Å². The smallest absolute Gasteiger partial charge is 0.159 e. The highest BCUT2D eigenvalue weighted by Crippen LogP contribution is 2.62. The number of hydrogen-bond acceptors (Lipinski definition) is 4. The Labute approximate surface area is 457 Å². The monoisotopic (exact) mass is 1010 g/mol. The molecule has 0 radical (unpaired) electrons. The first-order chi connectivity index (χ1) is 39.0. The average molecular weight is 1010 g/mol. The van der Waals surface area contributed by atoms with Gasteiger partial charge in [0.25, 0.3) is 0 Å². The number of para-hydroxylation sites is 6. The molecule has 0 unspecified atom stereocenters. The Kier molecular flexibility index (Phi) is 9.95. The molecule has 15 aromatic rings. The van der Waals surface area contributed by atoms with Crippen LogP contribution in [0.5, 0.6) is 0 Å².